The monoisotopic (exact) mass is 141 g/mol. The van der Waals surface area contributed by atoms with Gasteiger partial charge < -0.3 is 0 Å². The van der Waals surface area contributed by atoms with Gasteiger partial charge in [0, 0.05) is 12.4 Å². The van der Waals surface area contributed by atoms with Crippen molar-refractivity contribution in [2.24, 2.45) is 0 Å². The number of thioether (sulfide) groups is 1. The van der Waals surface area contributed by atoms with Crippen LogP contribution in [0.3, 0.4) is 0 Å². The maximum Gasteiger partial charge on any atom is 0.0267 e. The first-order chi connectivity index (χ1) is 4.41. The van der Waals surface area contributed by atoms with Crippen molar-refractivity contribution in [2.75, 3.05) is 12.5 Å². The molecule has 1 aromatic heterocycles. The zero-order valence-electron chi connectivity index (χ0n) is 5.74. The average molecular weight is 141 g/mol. The number of pyridine rings is 1. The molecule has 0 saturated carbocycles. The third-order valence-electron chi connectivity index (χ3n) is 0.566. The fourth-order valence-electron chi connectivity index (χ4n) is 0.313. The van der Waals surface area contributed by atoms with E-state index >= 15 is 0 Å². The summed E-state index contributed by atoms with van der Waals surface area (Å²) in [4.78, 5) is 3.78. The van der Waals surface area contributed by atoms with Gasteiger partial charge in [-0.3, -0.25) is 4.98 Å². The summed E-state index contributed by atoms with van der Waals surface area (Å²) in [5, 5.41) is 0. The Labute approximate surface area is 60.5 Å². The summed E-state index contributed by atoms with van der Waals surface area (Å²) in [5.74, 6) is 0. The summed E-state index contributed by atoms with van der Waals surface area (Å²) >= 11 is 1.75. The Morgan fingerprint density at radius 2 is 1.44 bits per heavy atom. The van der Waals surface area contributed by atoms with Crippen LogP contribution in [0, 0.1) is 0 Å². The standard InChI is InChI=1S/C5H5N.C2H6S/c1-2-4-6-5-3-1;1-3-2/h1-5H;1-2H3. The van der Waals surface area contributed by atoms with Gasteiger partial charge in [-0.05, 0) is 24.6 Å². The van der Waals surface area contributed by atoms with Gasteiger partial charge in [0.1, 0.15) is 0 Å². The Kier molecular flexibility index (Phi) is 7.08. The predicted octanol–water partition coefficient (Wildman–Crippen LogP) is 2.06. The Morgan fingerprint density at radius 1 is 1.00 bits per heavy atom. The molecule has 0 fully saturated rings. The van der Waals surface area contributed by atoms with Gasteiger partial charge in [-0.15, -0.1) is 0 Å². The summed E-state index contributed by atoms with van der Waals surface area (Å²) in [5.41, 5.74) is 0. The third-order valence-corrected chi connectivity index (χ3v) is 0.566. The van der Waals surface area contributed by atoms with E-state index in [0.717, 1.165) is 0 Å². The highest BCUT2D eigenvalue weighted by Gasteiger charge is 1.58. The summed E-state index contributed by atoms with van der Waals surface area (Å²) in [6, 6.07) is 5.72. The van der Waals surface area contributed by atoms with Crippen molar-refractivity contribution >= 4 is 11.8 Å². The van der Waals surface area contributed by atoms with Crippen molar-refractivity contribution in [3.05, 3.63) is 30.6 Å². The molecule has 0 N–H and O–H groups in total. The van der Waals surface area contributed by atoms with Gasteiger partial charge in [0.05, 0.1) is 0 Å². The first-order valence-corrected chi connectivity index (χ1v) is 4.30. The molecular weight excluding hydrogens is 130 g/mol. The van der Waals surface area contributed by atoms with Crippen LogP contribution in [0.15, 0.2) is 30.6 Å². The molecule has 0 unspecified atom stereocenters. The summed E-state index contributed by atoms with van der Waals surface area (Å²) in [7, 11) is 0. The first kappa shape index (κ1) is 8.50. The Hall–Kier alpha value is -0.500. The second-order valence-electron chi connectivity index (χ2n) is 1.43. The Balaban J connectivity index is 0.000000187. The molecule has 0 atom stereocenters. The highest BCUT2D eigenvalue weighted by molar-refractivity contribution is 7.97. The van der Waals surface area contributed by atoms with E-state index in [1.54, 1.807) is 24.2 Å². The summed E-state index contributed by atoms with van der Waals surface area (Å²) < 4.78 is 0. The van der Waals surface area contributed by atoms with Crippen LogP contribution >= 0.6 is 11.8 Å². The smallest absolute Gasteiger partial charge is 0.0267 e. The van der Waals surface area contributed by atoms with Gasteiger partial charge in [0.15, 0.2) is 0 Å². The lowest BCUT2D eigenvalue weighted by molar-refractivity contribution is 1.33. The quantitative estimate of drug-likeness (QED) is 0.548. The highest BCUT2D eigenvalue weighted by atomic mass is 32.2. The molecule has 1 aromatic rings. The van der Waals surface area contributed by atoms with Crippen molar-refractivity contribution in [1.82, 2.24) is 4.98 Å². The fourth-order valence-corrected chi connectivity index (χ4v) is 0.313. The molecular formula is C7H11NS. The van der Waals surface area contributed by atoms with Crippen LogP contribution in [0.4, 0.5) is 0 Å². The molecule has 0 aliphatic rings. The number of hydrogen-bond acceptors (Lipinski definition) is 2. The van der Waals surface area contributed by atoms with Crippen LogP contribution in [0.5, 0.6) is 0 Å². The molecule has 0 spiro atoms. The second kappa shape index (κ2) is 7.50. The summed E-state index contributed by atoms with van der Waals surface area (Å²) in [6.07, 6.45) is 7.58. The van der Waals surface area contributed by atoms with E-state index < -0.39 is 0 Å². The van der Waals surface area contributed by atoms with E-state index in [1.165, 1.54) is 0 Å². The molecule has 0 saturated heterocycles. The molecule has 9 heavy (non-hydrogen) atoms. The molecule has 2 heteroatoms. The van der Waals surface area contributed by atoms with Crippen molar-refractivity contribution < 1.29 is 0 Å². The van der Waals surface area contributed by atoms with E-state index in [2.05, 4.69) is 4.98 Å². The fraction of sp³-hybridized carbons (Fsp3) is 0.286. The lowest BCUT2D eigenvalue weighted by Gasteiger charge is -1.70. The average Bonchev–Trinajstić information content (AvgIpc) is 1.93. The van der Waals surface area contributed by atoms with Gasteiger partial charge in [-0.1, -0.05) is 6.07 Å². The van der Waals surface area contributed by atoms with Gasteiger partial charge >= 0.3 is 0 Å². The van der Waals surface area contributed by atoms with Crippen molar-refractivity contribution in [2.45, 2.75) is 0 Å². The minimum Gasteiger partial charge on any atom is -0.265 e. The van der Waals surface area contributed by atoms with E-state index in [-0.39, 0.29) is 0 Å². The molecule has 1 heterocycles. The predicted molar refractivity (Wildman–Crippen MR) is 43.7 cm³/mol. The van der Waals surface area contributed by atoms with Gasteiger partial charge in [-0.25, -0.2) is 0 Å². The molecule has 0 radical (unpaired) electrons. The minimum absolute atomic E-state index is 1.75. The van der Waals surface area contributed by atoms with Crippen LogP contribution in [0.25, 0.3) is 0 Å². The lowest BCUT2D eigenvalue weighted by atomic mass is 10.5. The summed E-state index contributed by atoms with van der Waals surface area (Å²) in [6.45, 7) is 0. The van der Waals surface area contributed by atoms with Crippen LogP contribution in [-0.4, -0.2) is 17.5 Å². The molecule has 0 aliphatic carbocycles. The Bertz CT molecular complexity index is 91.8. The van der Waals surface area contributed by atoms with E-state index in [4.69, 9.17) is 0 Å². The number of nitrogens with zero attached hydrogens (tertiary/aromatic N) is 1. The van der Waals surface area contributed by atoms with Gasteiger partial charge in [0.25, 0.3) is 0 Å². The van der Waals surface area contributed by atoms with Crippen molar-refractivity contribution in [3.8, 4) is 0 Å². The largest absolute Gasteiger partial charge is 0.265 e. The first-order valence-electron chi connectivity index (χ1n) is 2.67. The van der Waals surface area contributed by atoms with E-state index in [1.807, 2.05) is 30.7 Å². The van der Waals surface area contributed by atoms with Crippen molar-refractivity contribution in [1.29, 1.82) is 0 Å². The minimum atomic E-state index is 1.75. The number of hydrogen-bond donors (Lipinski definition) is 0. The molecule has 0 amide bonds. The van der Waals surface area contributed by atoms with Gasteiger partial charge in [-0.2, -0.15) is 11.8 Å². The topological polar surface area (TPSA) is 12.9 Å². The molecule has 1 rings (SSSR count). The van der Waals surface area contributed by atoms with Crippen LogP contribution < -0.4 is 0 Å². The lowest BCUT2D eigenvalue weighted by Crippen LogP contribution is -1.58. The van der Waals surface area contributed by atoms with E-state index in [0.29, 0.717) is 0 Å². The van der Waals surface area contributed by atoms with Crippen LogP contribution in [-0.2, 0) is 0 Å². The SMILES string of the molecule is CSC.c1ccncc1. The highest BCUT2D eigenvalue weighted by Crippen LogP contribution is 1.73. The van der Waals surface area contributed by atoms with Crippen LogP contribution in [0.2, 0.25) is 0 Å². The zero-order valence-corrected chi connectivity index (χ0v) is 6.56. The zero-order chi connectivity index (χ0) is 6.95. The van der Waals surface area contributed by atoms with Crippen LogP contribution in [0.1, 0.15) is 0 Å². The van der Waals surface area contributed by atoms with E-state index in [9.17, 15) is 0 Å². The molecule has 1 nitrogen and oxygen atoms in total. The third kappa shape index (κ3) is 7.50. The Morgan fingerprint density at radius 3 is 1.56 bits per heavy atom. The molecule has 0 aliphatic heterocycles. The van der Waals surface area contributed by atoms with Crippen molar-refractivity contribution in [3.63, 3.8) is 0 Å². The molecule has 50 valence electrons. The number of aromatic nitrogens is 1. The van der Waals surface area contributed by atoms with Gasteiger partial charge in [0.2, 0.25) is 0 Å². The maximum atomic E-state index is 3.78. The normalized spacial score (nSPS) is 7.33. The second-order valence-corrected chi connectivity index (χ2v) is 2.25. The molecule has 0 aromatic carbocycles. The number of rotatable bonds is 0. The molecule has 0 bridgehead atoms. The maximum absolute atomic E-state index is 3.78.